The highest BCUT2D eigenvalue weighted by molar-refractivity contribution is 7.91. The van der Waals surface area contributed by atoms with Crippen molar-refractivity contribution in [2.45, 2.75) is 38.3 Å². The number of amides is 1. The van der Waals surface area contributed by atoms with Crippen molar-refractivity contribution in [3.63, 3.8) is 0 Å². The molecule has 0 aromatic carbocycles. The maximum atomic E-state index is 12.1. The molecule has 1 saturated carbocycles. The average Bonchev–Trinajstić information content (AvgIpc) is 3.22. The summed E-state index contributed by atoms with van der Waals surface area (Å²) in [6.07, 6.45) is 4.00. The Morgan fingerprint density at radius 2 is 2.14 bits per heavy atom. The molecular formula is C14H20N4O3S. The van der Waals surface area contributed by atoms with Crippen LogP contribution in [-0.4, -0.2) is 54.4 Å². The van der Waals surface area contributed by atoms with Gasteiger partial charge in [-0.3, -0.25) is 4.79 Å². The van der Waals surface area contributed by atoms with Crippen LogP contribution in [0.5, 0.6) is 0 Å². The summed E-state index contributed by atoms with van der Waals surface area (Å²) in [5.41, 5.74) is 0.330. The van der Waals surface area contributed by atoms with Crippen LogP contribution in [0.3, 0.4) is 0 Å². The number of carbonyl (C=O) groups excluding carboxylic acids is 1. The van der Waals surface area contributed by atoms with Crippen LogP contribution in [0.1, 0.15) is 36.7 Å². The van der Waals surface area contributed by atoms with E-state index in [1.807, 2.05) is 11.8 Å². The van der Waals surface area contributed by atoms with Crippen molar-refractivity contribution in [1.29, 1.82) is 0 Å². The number of carbonyl (C=O) groups is 1. The predicted molar refractivity (Wildman–Crippen MR) is 82.6 cm³/mol. The molecule has 1 unspecified atom stereocenters. The number of aromatic nitrogens is 2. The van der Waals surface area contributed by atoms with E-state index in [9.17, 15) is 13.2 Å². The monoisotopic (exact) mass is 324 g/mol. The highest BCUT2D eigenvalue weighted by Gasteiger charge is 2.32. The maximum absolute atomic E-state index is 12.1. The lowest BCUT2D eigenvalue weighted by Crippen LogP contribution is -2.37. The van der Waals surface area contributed by atoms with Gasteiger partial charge in [0.2, 0.25) is 0 Å². The van der Waals surface area contributed by atoms with E-state index >= 15 is 0 Å². The van der Waals surface area contributed by atoms with Gasteiger partial charge in [0.15, 0.2) is 9.84 Å². The van der Waals surface area contributed by atoms with E-state index in [2.05, 4.69) is 15.3 Å². The zero-order valence-electron chi connectivity index (χ0n) is 12.5. The van der Waals surface area contributed by atoms with Gasteiger partial charge >= 0.3 is 0 Å². The van der Waals surface area contributed by atoms with E-state index in [-0.39, 0.29) is 29.5 Å². The van der Waals surface area contributed by atoms with Crippen molar-refractivity contribution < 1.29 is 13.2 Å². The normalized spacial score (nSPS) is 23.2. The summed E-state index contributed by atoms with van der Waals surface area (Å²) in [5, 5.41) is 2.89. The van der Waals surface area contributed by atoms with E-state index in [0.29, 0.717) is 24.5 Å². The van der Waals surface area contributed by atoms with Gasteiger partial charge in [-0.15, -0.1) is 0 Å². The van der Waals surface area contributed by atoms with Crippen LogP contribution >= 0.6 is 0 Å². The molecule has 1 N–H and O–H groups in total. The Kier molecular flexibility index (Phi) is 4.03. The summed E-state index contributed by atoms with van der Waals surface area (Å²) < 4.78 is 23.3. The van der Waals surface area contributed by atoms with Crippen LogP contribution in [-0.2, 0) is 9.84 Å². The number of nitrogens with one attached hydrogen (secondary N) is 1. The van der Waals surface area contributed by atoms with Gasteiger partial charge in [-0.05, 0) is 26.2 Å². The van der Waals surface area contributed by atoms with Crippen molar-refractivity contribution in [2.75, 3.05) is 23.0 Å². The largest absolute Gasteiger partial charge is 0.353 e. The smallest absolute Gasteiger partial charge is 0.270 e. The van der Waals surface area contributed by atoms with Gasteiger partial charge in [0.05, 0.1) is 11.5 Å². The fraction of sp³-hybridized carbons (Fsp3) is 0.643. The fourth-order valence-corrected chi connectivity index (χ4v) is 4.47. The van der Waals surface area contributed by atoms with E-state index in [4.69, 9.17) is 0 Å². The molecule has 1 aromatic rings. The van der Waals surface area contributed by atoms with Crippen molar-refractivity contribution in [2.24, 2.45) is 0 Å². The van der Waals surface area contributed by atoms with Crippen molar-refractivity contribution in [1.82, 2.24) is 15.3 Å². The highest BCUT2D eigenvalue weighted by Crippen LogP contribution is 2.23. The molecule has 7 nitrogen and oxygen atoms in total. The third-order valence-electron chi connectivity index (χ3n) is 4.08. The number of sulfone groups is 1. The number of hydrogen-bond donors (Lipinski definition) is 1. The Morgan fingerprint density at radius 1 is 1.36 bits per heavy atom. The van der Waals surface area contributed by atoms with Gasteiger partial charge in [0.25, 0.3) is 5.91 Å². The molecule has 120 valence electrons. The first-order valence-corrected chi connectivity index (χ1v) is 9.40. The second-order valence-corrected chi connectivity index (χ2v) is 8.08. The molecule has 8 heteroatoms. The van der Waals surface area contributed by atoms with Crippen molar-refractivity contribution >= 4 is 21.6 Å². The molecule has 1 aliphatic carbocycles. The summed E-state index contributed by atoms with van der Waals surface area (Å²) >= 11 is 0. The highest BCUT2D eigenvalue weighted by atomic mass is 32.2. The fourth-order valence-electron chi connectivity index (χ4n) is 2.74. The molecule has 2 heterocycles. The van der Waals surface area contributed by atoms with E-state index in [1.54, 1.807) is 6.07 Å². The Morgan fingerprint density at radius 3 is 2.73 bits per heavy atom. The lowest BCUT2D eigenvalue weighted by atomic mass is 10.2. The van der Waals surface area contributed by atoms with Crippen LogP contribution in [0.2, 0.25) is 0 Å². The van der Waals surface area contributed by atoms with Gasteiger partial charge in [-0.25, -0.2) is 18.4 Å². The molecule has 0 spiro atoms. The van der Waals surface area contributed by atoms with Gasteiger partial charge in [-0.2, -0.15) is 0 Å². The number of hydrogen-bond acceptors (Lipinski definition) is 6. The van der Waals surface area contributed by atoms with E-state index in [0.717, 1.165) is 12.8 Å². The number of anilines is 1. The summed E-state index contributed by atoms with van der Waals surface area (Å²) in [5.74, 6) is 0.782. The van der Waals surface area contributed by atoms with Crippen LogP contribution in [0.15, 0.2) is 12.4 Å². The Labute approximate surface area is 130 Å². The second-order valence-electron chi connectivity index (χ2n) is 5.85. The van der Waals surface area contributed by atoms with Crippen LogP contribution in [0.25, 0.3) is 0 Å². The topological polar surface area (TPSA) is 92.3 Å². The lowest BCUT2D eigenvalue weighted by Gasteiger charge is -2.27. The summed E-state index contributed by atoms with van der Waals surface area (Å²) in [7, 11) is -2.96. The standard InChI is InChI=1S/C14H20N4O3S/c1-2-18(11-5-6-22(20,21)8-11)13-7-12(15-9-16-13)14(19)17-10-3-4-10/h7,9-11H,2-6,8H2,1H3,(H,17,19). The zero-order valence-corrected chi connectivity index (χ0v) is 13.3. The minimum Gasteiger partial charge on any atom is -0.353 e. The van der Waals surface area contributed by atoms with E-state index < -0.39 is 9.84 Å². The molecule has 0 radical (unpaired) electrons. The van der Waals surface area contributed by atoms with Gasteiger partial charge in [0.1, 0.15) is 17.8 Å². The maximum Gasteiger partial charge on any atom is 0.270 e. The molecule has 1 atom stereocenters. The molecule has 1 aromatic heterocycles. The first-order chi connectivity index (χ1) is 10.5. The number of nitrogens with zero attached hydrogens (tertiary/aromatic N) is 3. The van der Waals surface area contributed by atoms with Crippen LogP contribution in [0, 0.1) is 0 Å². The first kappa shape index (κ1) is 15.2. The van der Waals surface area contributed by atoms with Gasteiger partial charge in [0, 0.05) is 24.7 Å². The Hall–Kier alpha value is -1.70. The molecule has 3 rings (SSSR count). The van der Waals surface area contributed by atoms with Crippen LogP contribution < -0.4 is 10.2 Å². The third-order valence-corrected chi connectivity index (χ3v) is 5.83. The predicted octanol–water partition coefficient (Wildman–Crippen LogP) is 0.382. The molecular weight excluding hydrogens is 304 g/mol. The van der Waals surface area contributed by atoms with E-state index in [1.165, 1.54) is 6.33 Å². The Bertz CT molecular complexity index is 672. The molecule has 1 amide bonds. The molecule has 2 aliphatic rings. The quantitative estimate of drug-likeness (QED) is 0.842. The molecule has 1 aliphatic heterocycles. The summed E-state index contributed by atoms with van der Waals surface area (Å²) in [6, 6.07) is 1.84. The SMILES string of the molecule is CCN(c1cc(C(=O)NC2CC2)ncn1)C1CCS(=O)(=O)C1. The average molecular weight is 324 g/mol. The molecule has 1 saturated heterocycles. The summed E-state index contributed by atoms with van der Waals surface area (Å²) in [6.45, 7) is 2.60. The summed E-state index contributed by atoms with van der Waals surface area (Å²) in [4.78, 5) is 22.3. The zero-order chi connectivity index (χ0) is 15.7. The third kappa shape index (κ3) is 3.37. The van der Waals surface area contributed by atoms with Crippen molar-refractivity contribution in [3.8, 4) is 0 Å². The van der Waals surface area contributed by atoms with Crippen molar-refractivity contribution in [3.05, 3.63) is 18.1 Å². The minimum atomic E-state index is -2.96. The lowest BCUT2D eigenvalue weighted by molar-refractivity contribution is 0.0946. The Balaban J connectivity index is 1.78. The molecule has 0 bridgehead atoms. The molecule has 22 heavy (non-hydrogen) atoms. The van der Waals surface area contributed by atoms with Gasteiger partial charge in [-0.1, -0.05) is 0 Å². The van der Waals surface area contributed by atoms with Gasteiger partial charge < -0.3 is 10.2 Å². The second kappa shape index (κ2) is 5.83. The number of rotatable bonds is 5. The minimum absolute atomic E-state index is 0.0794. The first-order valence-electron chi connectivity index (χ1n) is 7.58. The molecule has 2 fully saturated rings. The van der Waals surface area contributed by atoms with Crippen LogP contribution in [0.4, 0.5) is 5.82 Å².